The number of morpholine rings is 1. The maximum absolute atomic E-state index is 12.4. The molecule has 1 atom stereocenters. The van der Waals surface area contributed by atoms with E-state index >= 15 is 0 Å². The summed E-state index contributed by atoms with van der Waals surface area (Å²) in [4.78, 5) is 14.8. The Labute approximate surface area is 169 Å². The SMILES string of the molecule is O=C(NCc1cccc2ccccc12)NC[C@@H](c1ccsc1)N1CCOCC1. The maximum atomic E-state index is 12.4. The van der Waals surface area contributed by atoms with Gasteiger partial charge in [0.2, 0.25) is 0 Å². The zero-order chi connectivity index (χ0) is 19.2. The fourth-order valence-corrected chi connectivity index (χ4v) is 4.39. The van der Waals surface area contributed by atoms with E-state index in [1.807, 2.05) is 18.2 Å². The van der Waals surface area contributed by atoms with Crippen LogP contribution in [0.25, 0.3) is 10.8 Å². The molecule has 146 valence electrons. The van der Waals surface area contributed by atoms with E-state index in [-0.39, 0.29) is 12.1 Å². The van der Waals surface area contributed by atoms with Crippen LogP contribution in [0.2, 0.25) is 0 Å². The van der Waals surface area contributed by atoms with Crippen LogP contribution in [-0.2, 0) is 11.3 Å². The van der Waals surface area contributed by atoms with Gasteiger partial charge in [0.25, 0.3) is 0 Å². The summed E-state index contributed by atoms with van der Waals surface area (Å²) in [6.07, 6.45) is 0. The van der Waals surface area contributed by atoms with E-state index in [4.69, 9.17) is 4.74 Å². The molecule has 0 spiro atoms. The Balaban J connectivity index is 1.36. The molecular weight excluding hydrogens is 370 g/mol. The van der Waals surface area contributed by atoms with Gasteiger partial charge < -0.3 is 15.4 Å². The molecule has 1 aliphatic heterocycles. The molecule has 6 heteroatoms. The standard InChI is InChI=1S/C22H25N3O2S/c26-22(23-14-18-6-3-5-17-4-1-2-7-20(17)18)24-15-21(19-8-13-28-16-19)25-9-11-27-12-10-25/h1-8,13,16,21H,9-12,14-15H2,(H2,23,24,26)/t21-/m0/s1. The number of hydrogen-bond acceptors (Lipinski definition) is 4. The maximum Gasteiger partial charge on any atom is 0.315 e. The molecule has 0 saturated carbocycles. The lowest BCUT2D eigenvalue weighted by Crippen LogP contribution is -2.45. The monoisotopic (exact) mass is 395 g/mol. The normalized spacial score (nSPS) is 16.0. The van der Waals surface area contributed by atoms with Gasteiger partial charge in [-0.2, -0.15) is 11.3 Å². The summed E-state index contributed by atoms with van der Waals surface area (Å²) in [6.45, 7) is 4.35. The second kappa shape index (κ2) is 9.19. The third-order valence-electron chi connectivity index (χ3n) is 5.19. The number of amides is 2. The highest BCUT2D eigenvalue weighted by Crippen LogP contribution is 2.23. The minimum Gasteiger partial charge on any atom is -0.379 e. The van der Waals surface area contributed by atoms with Crippen molar-refractivity contribution in [1.29, 1.82) is 0 Å². The number of thiophene rings is 1. The molecule has 2 amide bonds. The number of carbonyl (C=O) groups excluding carboxylic acids is 1. The molecule has 4 rings (SSSR count). The van der Waals surface area contributed by atoms with Gasteiger partial charge in [-0.1, -0.05) is 42.5 Å². The first-order chi connectivity index (χ1) is 13.8. The lowest BCUT2D eigenvalue weighted by atomic mass is 10.0. The zero-order valence-electron chi connectivity index (χ0n) is 15.8. The fourth-order valence-electron chi connectivity index (χ4n) is 3.69. The van der Waals surface area contributed by atoms with Crippen LogP contribution in [0.15, 0.2) is 59.3 Å². The van der Waals surface area contributed by atoms with Crippen LogP contribution >= 0.6 is 11.3 Å². The van der Waals surface area contributed by atoms with Gasteiger partial charge in [-0.3, -0.25) is 4.90 Å². The van der Waals surface area contributed by atoms with Crippen LogP contribution in [0, 0.1) is 0 Å². The number of nitrogens with one attached hydrogen (secondary N) is 2. The number of carbonyl (C=O) groups is 1. The van der Waals surface area contributed by atoms with E-state index in [1.54, 1.807) is 11.3 Å². The Hall–Kier alpha value is -2.41. The quantitative estimate of drug-likeness (QED) is 0.668. The highest BCUT2D eigenvalue weighted by atomic mass is 32.1. The first-order valence-corrected chi connectivity index (χ1v) is 10.6. The molecule has 2 aromatic carbocycles. The van der Waals surface area contributed by atoms with E-state index in [1.165, 1.54) is 16.3 Å². The summed E-state index contributed by atoms with van der Waals surface area (Å²) >= 11 is 1.69. The van der Waals surface area contributed by atoms with Crippen LogP contribution in [0.1, 0.15) is 17.2 Å². The molecule has 1 aromatic heterocycles. The molecule has 0 aliphatic carbocycles. The Morgan fingerprint density at radius 2 is 1.89 bits per heavy atom. The molecule has 0 unspecified atom stereocenters. The lowest BCUT2D eigenvalue weighted by molar-refractivity contribution is 0.0168. The van der Waals surface area contributed by atoms with Gasteiger partial charge in [-0.15, -0.1) is 0 Å². The number of fused-ring (bicyclic) bond motifs is 1. The van der Waals surface area contributed by atoms with Crippen molar-refractivity contribution in [3.05, 3.63) is 70.4 Å². The molecule has 2 N–H and O–H groups in total. The number of rotatable bonds is 6. The Bertz CT molecular complexity index is 902. The zero-order valence-corrected chi connectivity index (χ0v) is 16.6. The van der Waals surface area contributed by atoms with Gasteiger partial charge in [-0.25, -0.2) is 4.79 Å². The largest absolute Gasteiger partial charge is 0.379 e. The van der Waals surface area contributed by atoms with Crippen molar-refractivity contribution in [2.75, 3.05) is 32.8 Å². The van der Waals surface area contributed by atoms with Crippen LogP contribution in [0.4, 0.5) is 4.79 Å². The lowest BCUT2D eigenvalue weighted by Gasteiger charge is -2.34. The molecule has 0 radical (unpaired) electrons. The van der Waals surface area contributed by atoms with Crippen molar-refractivity contribution in [1.82, 2.24) is 15.5 Å². The number of benzene rings is 2. The van der Waals surface area contributed by atoms with Gasteiger partial charge in [0, 0.05) is 26.2 Å². The summed E-state index contributed by atoms with van der Waals surface area (Å²) in [6, 6.07) is 16.6. The summed E-state index contributed by atoms with van der Waals surface area (Å²) in [5.74, 6) is 0. The Kier molecular flexibility index (Phi) is 6.21. The van der Waals surface area contributed by atoms with Gasteiger partial charge in [0.1, 0.15) is 0 Å². The molecule has 1 saturated heterocycles. The van der Waals surface area contributed by atoms with E-state index in [2.05, 4.69) is 56.6 Å². The predicted molar refractivity (Wildman–Crippen MR) is 114 cm³/mol. The van der Waals surface area contributed by atoms with Crippen LogP contribution in [0.3, 0.4) is 0 Å². The van der Waals surface area contributed by atoms with Crippen molar-refractivity contribution >= 4 is 28.1 Å². The number of ether oxygens (including phenoxy) is 1. The highest BCUT2D eigenvalue weighted by Gasteiger charge is 2.23. The van der Waals surface area contributed by atoms with Crippen molar-refractivity contribution in [2.24, 2.45) is 0 Å². The average Bonchev–Trinajstić information content (AvgIpc) is 3.28. The highest BCUT2D eigenvalue weighted by molar-refractivity contribution is 7.07. The van der Waals surface area contributed by atoms with Crippen LogP contribution in [-0.4, -0.2) is 43.8 Å². The van der Waals surface area contributed by atoms with Gasteiger partial charge in [-0.05, 0) is 38.7 Å². The minimum atomic E-state index is -0.138. The molecular formula is C22H25N3O2S. The number of nitrogens with zero attached hydrogens (tertiary/aromatic N) is 1. The van der Waals surface area contributed by atoms with Gasteiger partial charge in [0.05, 0.1) is 19.3 Å². The minimum absolute atomic E-state index is 0.138. The third kappa shape index (κ3) is 4.52. The molecule has 2 heterocycles. The summed E-state index contributed by atoms with van der Waals surface area (Å²) in [5, 5.41) is 12.7. The van der Waals surface area contributed by atoms with Crippen molar-refractivity contribution in [2.45, 2.75) is 12.6 Å². The molecule has 0 bridgehead atoms. The topological polar surface area (TPSA) is 53.6 Å². The van der Waals surface area contributed by atoms with Crippen molar-refractivity contribution in [3.63, 3.8) is 0 Å². The smallest absolute Gasteiger partial charge is 0.315 e. The van der Waals surface area contributed by atoms with Crippen LogP contribution < -0.4 is 10.6 Å². The van der Waals surface area contributed by atoms with E-state index < -0.39 is 0 Å². The van der Waals surface area contributed by atoms with Gasteiger partial charge >= 0.3 is 6.03 Å². The first-order valence-electron chi connectivity index (χ1n) is 9.63. The van der Waals surface area contributed by atoms with E-state index in [0.717, 1.165) is 31.9 Å². The summed E-state index contributed by atoms with van der Waals surface area (Å²) in [5.41, 5.74) is 2.37. The van der Waals surface area contributed by atoms with Crippen molar-refractivity contribution < 1.29 is 9.53 Å². The van der Waals surface area contributed by atoms with Crippen LogP contribution in [0.5, 0.6) is 0 Å². The molecule has 5 nitrogen and oxygen atoms in total. The third-order valence-corrected chi connectivity index (χ3v) is 5.89. The molecule has 1 aliphatic rings. The van der Waals surface area contributed by atoms with Crippen molar-refractivity contribution in [3.8, 4) is 0 Å². The van der Waals surface area contributed by atoms with Gasteiger partial charge in [0.15, 0.2) is 0 Å². The van der Waals surface area contributed by atoms with E-state index in [9.17, 15) is 4.79 Å². The summed E-state index contributed by atoms with van der Waals surface area (Å²) in [7, 11) is 0. The predicted octanol–water partition coefficient (Wildman–Crippen LogP) is 3.77. The number of hydrogen-bond donors (Lipinski definition) is 2. The number of urea groups is 1. The first kappa shape index (κ1) is 18.9. The second-order valence-corrected chi connectivity index (χ2v) is 7.70. The summed E-state index contributed by atoms with van der Waals surface area (Å²) < 4.78 is 5.48. The average molecular weight is 396 g/mol. The molecule has 28 heavy (non-hydrogen) atoms. The Morgan fingerprint density at radius 3 is 2.71 bits per heavy atom. The molecule has 1 fully saturated rings. The fraction of sp³-hybridized carbons (Fsp3) is 0.318. The van der Waals surface area contributed by atoms with E-state index in [0.29, 0.717) is 13.1 Å². The molecule has 3 aromatic rings. The second-order valence-electron chi connectivity index (χ2n) is 6.92. The Morgan fingerprint density at radius 1 is 1.07 bits per heavy atom.